The van der Waals surface area contributed by atoms with Crippen LogP contribution >= 0.6 is 0 Å². The summed E-state index contributed by atoms with van der Waals surface area (Å²) in [7, 11) is 0. The van der Waals surface area contributed by atoms with Crippen LogP contribution in [-0.2, 0) is 0 Å². The second-order valence-electron chi connectivity index (χ2n) is 7.54. The summed E-state index contributed by atoms with van der Waals surface area (Å²) in [5.74, 6) is 1.61. The van der Waals surface area contributed by atoms with E-state index in [1.54, 1.807) is 0 Å². The van der Waals surface area contributed by atoms with Crippen molar-refractivity contribution in [3.8, 4) is 0 Å². The zero-order valence-electron chi connectivity index (χ0n) is 15.6. The lowest BCUT2D eigenvalue weighted by molar-refractivity contribution is 0.0867. The first-order valence-corrected chi connectivity index (χ1v) is 10.0. The van der Waals surface area contributed by atoms with E-state index in [9.17, 15) is 4.39 Å². The van der Waals surface area contributed by atoms with Gasteiger partial charge in [0.05, 0.1) is 6.17 Å². The molecule has 23 heavy (non-hydrogen) atoms. The molecule has 2 heterocycles. The molecule has 3 aliphatic rings. The van der Waals surface area contributed by atoms with Crippen molar-refractivity contribution in [2.45, 2.75) is 90.6 Å². The number of likely N-dealkylation sites (tertiary alicyclic amines) is 1. The summed E-state index contributed by atoms with van der Waals surface area (Å²) in [6.45, 7) is 10.5. The van der Waals surface area contributed by atoms with E-state index >= 15 is 0 Å². The van der Waals surface area contributed by atoms with Gasteiger partial charge in [-0.15, -0.1) is 0 Å². The van der Waals surface area contributed by atoms with Gasteiger partial charge in [-0.25, -0.2) is 4.39 Å². The fraction of sp³-hybridized carbons (Fsp3) is 1.00. The van der Waals surface area contributed by atoms with Gasteiger partial charge in [0, 0.05) is 12.1 Å². The van der Waals surface area contributed by atoms with E-state index in [4.69, 9.17) is 5.73 Å². The molecule has 0 spiro atoms. The number of nitrogens with zero attached hydrogens (tertiary/aromatic N) is 1. The molecule has 4 heteroatoms. The van der Waals surface area contributed by atoms with E-state index in [0.29, 0.717) is 23.9 Å². The molecule has 1 saturated carbocycles. The monoisotopic (exact) mass is 327 g/mol. The summed E-state index contributed by atoms with van der Waals surface area (Å²) in [5.41, 5.74) is 6.27. The molecular weight excluding hydrogens is 289 g/mol. The lowest BCUT2D eigenvalue weighted by Gasteiger charge is -2.40. The van der Waals surface area contributed by atoms with Crippen molar-refractivity contribution in [1.29, 1.82) is 0 Å². The van der Waals surface area contributed by atoms with Gasteiger partial charge in [-0.2, -0.15) is 0 Å². The molecule has 7 unspecified atom stereocenters. The third-order valence-corrected chi connectivity index (χ3v) is 6.40. The molecule has 3 N–H and O–H groups in total. The van der Waals surface area contributed by atoms with Crippen molar-refractivity contribution >= 4 is 0 Å². The molecule has 3 nitrogen and oxygen atoms in total. The molecule has 3 fully saturated rings. The predicted octanol–water partition coefficient (Wildman–Crippen LogP) is 3.53. The van der Waals surface area contributed by atoms with Crippen LogP contribution in [0.25, 0.3) is 0 Å². The summed E-state index contributed by atoms with van der Waals surface area (Å²) < 4.78 is 13.8. The number of hydrogen-bond acceptors (Lipinski definition) is 3. The van der Waals surface area contributed by atoms with Crippen molar-refractivity contribution < 1.29 is 4.39 Å². The van der Waals surface area contributed by atoms with Gasteiger partial charge in [0.25, 0.3) is 0 Å². The number of alkyl halides is 1. The Morgan fingerprint density at radius 2 is 1.87 bits per heavy atom. The Hall–Kier alpha value is -0.190. The molecule has 0 amide bonds. The second-order valence-corrected chi connectivity index (χ2v) is 7.54. The number of halogens is 1. The first-order chi connectivity index (χ1) is 11.1. The lowest BCUT2D eigenvalue weighted by Crippen LogP contribution is -2.49. The van der Waals surface area contributed by atoms with Crippen LogP contribution in [-0.4, -0.2) is 42.4 Å². The molecule has 0 aromatic carbocycles. The molecular formula is C19H38FN3. The van der Waals surface area contributed by atoms with Crippen molar-refractivity contribution in [3.63, 3.8) is 0 Å². The van der Waals surface area contributed by atoms with E-state index < -0.39 is 6.17 Å². The summed E-state index contributed by atoms with van der Waals surface area (Å²) in [6.07, 6.45) is 6.20. The molecule has 2 saturated heterocycles. The third-order valence-electron chi connectivity index (χ3n) is 6.40. The van der Waals surface area contributed by atoms with Gasteiger partial charge < -0.3 is 11.1 Å². The lowest BCUT2D eigenvalue weighted by atomic mass is 9.73. The largest absolute Gasteiger partial charge is 0.316 e. The van der Waals surface area contributed by atoms with Crippen LogP contribution in [0.5, 0.6) is 0 Å². The Morgan fingerprint density at radius 3 is 2.52 bits per heavy atom. The molecule has 1 aliphatic carbocycles. The summed E-state index contributed by atoms with van der Waals surface area (Å²) >= 11 is 0. The molecule has 0 aromatic rings. The Balaban J connectivity index is 0.000000924. The van der Waals surface area contributed by atoms with Crippen LogP contribution < -0.4 is 11.1 Å². The average molecular weight is 328 g/mol. The smallest absolute Gasteiger partial charge is 0.103 e. The molecule has 0 radical (unpaired) electrons. The Bertz CT molecular complexity index is 352. The van der Waals surface area contributed by atoms with Crippen molar-refractivity contribution in [1.82, 2.24) is 10.2 Å². The SMILES string of the molecule is CC.CCN1C(N)CCC1C1CCNC1C1CCC(F)C(C)C1. The van der Waals surface area contributed by atoms with Gasteiger partial charge >= 0.3 is 0 Å². The predicted molar refractivity (Wildman–Crippen MR) is 96.0 cm³/mol. The number of nitrogens with two attached hydrogens (primary N) is 1. The number of rotatable bonds is 3. The highest BCUT2D eigenvalue weighted by molar-refractivity contribution is 5.00. The molecule has 7 atom stereocenters. The summed E-state index contributed by atoms with van der Waals surface area (Å²) in [6, 6.07) is 1.23. The second kappa shape index (κ2) is 8.77. The first-order valence-electron chi connectivity index (χ1n) is 10.0. The highest BCUT2D eigenvalue weighted by Crippen LogP contribution is 2.41. The van der Waals surface area contributed by atoms with Gasteiger partial charge in [-0.05, 0) is 69.4 Å². The van der Waals surface area contributed by atoms with E-state index in [0.717, 1.165) is 38.8 Å². The first kappa shape index (κ1) is 19.1. The molecule has 0 bridgehead atoms. The van der Waals surface area contributed by atoms with Crippen molar-refractivity contribution in [2.24, 2.45) is 23.5 Å². The Labute approximate surface area is 142 Å². The third kappa shape index (κ3) is 4.08. The summed E-state index contributed by atoms with van der Waals surface area (Å²) in [4.78, 5) is 2.51. The maximum atomic E-state index is 13.8. The fourth-order valence-electron chi connectivity index (χ4n) is 5.27. The molecule has 3 rings (SSSR count). The van der Waals surface area contributed by atoms with E-state index in [-0.39, 0.29) is 12.1 Å². The van der Waals surface area contributed by atoms with Crippen LogP contribution in [0, 0.1) is 17.8 Å². The van der Waals surface area contributed by atoms with Gasteiger partial charge in [-0.1, -0.05) is 27.7 Å². The van der Waals surface area contributed by atoms with Crippen LogP contribution in [0.15, 0.2) is 0 Å². The fourth-order valence-corrected chi connectivity index (χ4v) is 5.27. The zero-order chi connectivity index (χ0) is 17.0. The number of hydrogen-bond donors (Lipinski definition) is 2. The molecule has 2 aliphatic heterocycles. The van der Waals surface area contributed by atoms with Gasteiger partial charge in [0.15, 0.2) is 0 Å². The van der Waals surface area contributed by atoms with Gasteiger partial charge in [-0.3, -0.25) is 4.90 Å². The van der Waals surface area contributed by atoms with Gasteiger partial charge in [0.1, 0.15) is 6.17 Å². The Kier molecular flexibility index (Phi) is 7.30. The Morgan fingerprint density at radius 1 is 1.13 bits per heavy atom. The quantitative estimate of drug-likeness (QED) is 0.833. The average Bonchev–Trinajstić information content (AvgIpc) is 3.18. The standard InChI is InChI=1S/C17H32FN3.C2H6/c1-3-21-15(6-7-16(21)19)13-8-9-20-17(13)12-4-5-14(18)11(2)10-12;1-2/h11-17,20H,3-10,19H2,1-2H3;1-2H3. The highest BCUT2D eigenvalue weighted by Gasteiger charge is 2.44. The maximum absolute atomic E-state index is 13.8. The van der Waals surface area contributed by atoms with Crippen LogP contribution in [0.1, 0.15) is 66.2 Å². The van der Waals surface area contributed by atoms with E-state index in [1.807, 2.05) is 13.8 Å². The van der Waals surface area contributed by atoms with Crippen LogP contribution in [0.4, 0.5) is 4.39 Å². The summed E-state index contributed by atoms with van der Waals surface area (Å²) in [5, 5.41) is 3.76. The topological polar surface area (TPSA) is 41.3 Å². The minimum Gasteiger partial charge on any atom is -0.316 e. The van der Waals surface area contributed by atoms with Crippen molar-refractivity contribution in [3.05, 3.63) is 0 Å². The zero-order valence-corrected chi connectivity index (χ0v) is 15.6. The minimum absolute atomic E-state index is 0.236. The van der Waals surface area contributed by atoms with E-state index in [1.165, 1.54) is 12.8 Å². The van der Waals surface area contributed by atoms with Gasteiger partial charge in [0.2, 0.25) is 0 Å². The van der Waals surface area contributed by atoms with E-state index in [2.05, 4.69) is 24.1 Å². The van der Waals surface area contributed by atoms with Crippen molar-refractivity contribution in [2.75, 3.05) is 13.1 Å². The number of nitrogens with one attached hydrogen (secondary N) is 1. The highest BCUT2D eigenvalue weighted by atomic mass is 19.1. The van der Waals surface area contributed by atoms with Crippen LogP contribution in [0.2, 0.25) is 0 Å². The normalized spacial score (nSPS) is 44.9. The van der Waals surface area contributed by atoms with Crippen LogP contribution in [0.3, 0.4) is 0 Å². The minimum atomic E-state index is -0.576. The molecule has 0 aromatic heterocycles. The molecule has 136 valence electrons. The maximum Gasteiger partial charge on any atom is 0.103 e.